The van der Waals surface area contributed by atoms with Gasteiger partial charge in [0.25, 0.3) is 5.91 Å². The maximum atomic E-state index is 12.8. The highest BCUT2D eigenvalue weighted by atomic mass is 35.5. The van der Waals surface area contributed by atoms with Crippen LogP contribution >= 0.6 is 11.6 Å². The Bertz CT molecular complexity index is 726. The standard InChI is InChI=1S/C19H23ClN2O4/c1-2-21(11-18(23)24)16-5-7-22(8-6-16)19(25)14-9-13-10-15(20)3-4-17(13)26-12-14/h3-4,9-10,16H,2,5-8,11-12H2,1H3,(H,23,24). The summed E-state index contributed by atoms with van der Waals surface area (Å²) in [6.45, 7) is 4.21. The van der Waals surface area contributed by atoms with Crippen molar-refractivity contribution in [2.45, 2.75) is 25.8 Å². The number of benzene rings is 1. The SMILES string of the molecule is CCN(CC(=O)O)C1CCN(C(=O)C2=Cc3cc(Cl)ccc3OC2)CC1. The van der Waals surface area contributed by atoms with Gasteiger partial charge in [0.1, 0.15) is 12.4 Å². The zero-order chi connectivity index (χ0) is 18.7. The Hall–Kier alpha value is -2.05. The molecule has 140 valence electrons. The molecule has 1 aromatic rings. The van der Waals surface area contributed by atoms with Gasteiger partial charge in [-0.25, -0.2) is 0 Å². The number of carboxylic acid groups (broad SMARTS) is 1. The van der Waals surface area contributed by atoms with Crippen LogP contribution in [-0.2, 0) is 9.59 Å². The topological polar surface area (TPSA) is 70.1 Å². The normalized spacial score (nSPS) is 17.5. The second kappa shape index (κ2) is 8.10. The number of carbonyl (C=O) groups is 2. The fourth-order valence-corrected chi connectivity index (χ4v) is 3.76. The third-order valence-electron chi connectivity index (χ3n) is 4.97. The Morgan fingerprint density at radius 2 is 2.08 bits per heavy atom. The predicted octanol–water partition coefficient (Wildman–Crippen LogP) is 2.51. The molecule has 0 unspecified atom stereocenters. The number of hydrogen-bond acceptors (Lipinski definition) is 4. The summed E-state index contributed by atoms with van der Waals surface area (Å²) in [5.74, 6) is -0.0977. The highest BCUT2D eigenvalue weighted by Gasteiger charge is 2.29. The van der Waals surface area contributed by atoms with Gasteiger partial charge in [-0.2, -0.15) is 0 Å². The summed E-state index contributed by atoms with van der Waals surface area (Å²) in [4.78, 5) is 27.6. The molecule has 0 aromatic heterocycles. The van der Waals surface area contributed by atoms with Crippen molar-refractivity contribution in [3.8, 4) is 5.75 Å². The fourth-order valence-electron chi connectivity index (χ4n) is 3.58. The number of likely N-dealkylation sites (N-methyl/N-ethyl adjacent to an activating group) is 1. The largest absolute Gasteiger partial charge is 0.488 e. The maximum absolute atomic E-state index is 12.8. The van der Waals surface area contributed by atoms with Gasteiger partial charge in [0.2, 0.25) is 0 Å². The van der Waals surface area contributed by atoms with Crippen LogP contribution in [0, 0.1) is 0 Å². The molecule has 0 bridgehead atoms. The van der Waals surface area contributed by atoms with Crippen molar-refractivity contribution in [2.75, 3.05) is 32.8 Å². The molecule has 26 heavy (non-hydrogen) atoms. The summed E-state index contributed by atoms with van der Waals surface area (Å²) in [7, 11) is 0. The second-order valence-electron chi connectivity index (χ2n) is 6.62. The van der Waals surface area contributed by atoms with E-state index in [4.69, 9.17) is 21.4 Å². The number of carbonyl (C=O) groups excluding carboxylic acids is 1. The summed E-state index contributed by atoms with van der Waals surface area (Å²) in [6, 6.07) is 5.57. The summed E-state index contributed by atoms with van der Waals surface area (Å²) in [6.07, 6.45) is 3.41. The molecule has 2 heterocycles. The molecular weight excluding hydrogens is 356 g/mol. The molecule has 2 aliphatic heterocycles. The van der Waals surface area contributed by atoms with E-state index in [-0.39, 0.29) is 25.1 Å². The van der Waals surface area contributed by atoms with Gasteiger partial charge in [0.15, 0.2) is 0 Å². The highest BCUT2D eigenvalue weighted by Crippen LogP contribution is 2.30. The van der Waals surface area contributed by atoms with E-state index in [1.54, 1.807) is 12.1 Å². The number of aliphatic carboxylic acids is 1. The van der Waals surface area contributed by atoms with Crippen molar-refractivity contribution in [1.29, 1.82) is 0 Å². The van der Waals surface area contributed by atoms with Crippen molar-refractivity contribution in [1.82, 2.24) is 9.80 Å². The monoisotopic (exact) mass is 378 g/mol. The number of halogens is 1. The van der Waals surface area contributed by atoms with Gasteiger partial charge < -0.3 is 14.7 Å². The lowest BCUT2D eigenvalue weighted by Gasteiger charge is -2.38. The van der Waals surface area contributed by atoms with Crippen molar-refractivity contribution in [2.24, 2.45) is 0 Å². The number of hydrogen-bond donors (Lipinski definition) is 1. The van der Waals surface area contributed by atoms with Crippen LogP contribution in [0.4, 0.5) is 0 Å². The van der Waals surface area contributed by atoms with Crippen molar-refractivity contribution < 1.29 is 19.4 Å². The average Bonchev–Trinajstić information content (AvgIpc) is 2.65. The molecule has 1 N–H and O–H groups in total. The average molecular weight is 379 g/mol. The third kappa shape index (κ3) is 4.19. The molecule has 0 radical (unpaired) electrons. The number of amides is 1. The number of rotatable bonds is 5. The smallest absolute Gasteiger partial charge is 0.317 e. The van der Waals surface area contributed by atoms with E-state index in [1.807, 2.05) is 28.9 Å². The minimum Gasteiger partial charge on any atom is -0.488 e. The molecule has 1 fully saturated rings. The molecule has 1 saturated heterocycles. The van der Waals surface area contributed by atoms with Crippen molar-refractivity contribution in [3.63, 3.8) is 0 Å². The number of carboxylic acids is 1. The van der Waals surface area contributed by atoms with Gasteiger partial charge >= 0.3 is 5.97 Å². The number of piperidine rings is 1. The van der Waals surface area contributed by atoms with E-state index in [0.29, 0.717) is 30.2 Å². The highest BCUT2D eigenvalue weighted by molar-refractivity contribution is 6.30. The molecule has 2 aliphatic rings. The van der Waals surface area contributed by atoms with Crippen LogP contribution in [0.15, 0.2) is 23.8 Å². The van der Waals surface area contributed by atoms with Crippen LogP contribution in [0.25, 0.3) is 6.08 Å². The molecule has 1 aromatic carbocycles. The lowest BCUT2D eigenvalue weighted by molar-refractivity contribution is -0.139. The van der Waals surface area contributed by atoms with E-state index in [0.717, 1.165) is 24.2 Å². The summed E-state index contributed by atoms with van der Waals surface area (Å²) in [5.41, 5.74) is 1.44. The fraction of sp³-hybridized carbons (Fsp3) is 0.474. The molecule has 0 saturated carbocycles. The molecule has 1 amide bonds. The first kappa shape index (κ1) is 18.7. The lowest BCUT2D eigenvalue weighted by atomic mass is 10.0. The van der Waals surface area contributed by atoms with Crippen LogP contribution in [-0.4, -0.2) is 65.6 Å². The Kier molecular flexibility index (Phi) is 5.84. The van der Waals surface area contributed by atoms with Crippen LogP contribution in [0.3, 0.4) is 0 Å². The molecule has 3 rings (SSSR count). The summed E-state index contributed by atoms with van der Waals surface area (Å²) >= 11 is 6.02. The number of ether oxygens (including phenoxy) is 1. The van der Waals surface area contributed by atoms with Crippen LogP contribution in [0.2, 0.25) is 5.02 Å². The van der Waals surface area contributed by atoms with Gasteiger partial charge in [0.05, 0.1) is 12.1 Å². The molecule has 6 nitrogen and oxygen atoms in total. The van der Waals surface area contributed by atoms with Crippen molar-refractivity contribution in [3.05, 3.63) is 34.4 Å². The van der Waals surface area contributed by atoms with Crippen LogP contribution in [0.5, 0.6) is 5.75 Å². The van der Waals surface area contributed by atoms with E-state index >= 15 is 0 Å². The predicted molar refractivity (Wildman–Crippen MR) is 99.4 cm³/mol. The second-order valence-corrected chi connectivity index (χ2v) is 7.06. The maximum Gasteiger partial charge on any atom is 0.317 e. The van der Waals surface area contributed by atoms with Gasteiger partial charge in [-0.15, -0.1) is 0 Å². The number of likely N-dealkylation sites (tertiary alicyclic amines) is 1. The quantitative estimate of drug-likeness (QED) is 0.852. The third-order valence-corrected chi connectivity index (χ3v) is 5.21. The minimum atomic E-state index is -0.813. The Morgan fingerprint density at radius 1 is 1.35 bits per heavy atom. The van der Waals surface area contributed by atoms with Gasteiger partial charge in [-0.05, 0) is 43.7 Å². The molecule has 0 spiro atoms. The minimum absolute atomic E-state index is 0.0182. The van der Waals surface area contributed by atoms with E-state index in [1.165, 1.54) is 0 Å². The molecule has 0 atom stereocenters. The Morgan fingerprint density at radius 3 is 2.73 bits per heavy atom. The van der Waals surface area contributed by atoms with Gasteiger partial charge in [0, 0.05) is 29.7 Å². The summed E-state index contributed by atoms with van der Waals surface area (Å²) < 4.78 is 5.68. The van der Waals surface area contributed by atoms with Gasteiger partial charge in [-0.3, -0.25) is 14.5 Å². The zero-order valence-electron chi connectivity index (χ0n) is 14.8. The first-order valence-electron chi connectivity index (χ1n) is 8.86. The van der Waals surface area contributed by atoms with Crippen molar-refractivity contribution >= 4 is 29.6 Å². The lowest BCUT2D eigenvalue weighted by Crippen LogP contribution is -2.48. The molecular formula is C19H23ClN2O4. The number of nitrogens with zero attached hydrogens (tertiary/aromatic N) is 2. The van der Waals surface area contributed by atoms with Gasteiger partial charge in [-0.1, -0.05) is 18.5 Å². The van der Waals surface area contributed by atoms with E-state index in [2.05, 4.69) is 0 Å². The molecule has 0 aliphatic carbocycles. The molecule has 7 heteroatoms. The summed E-state index contributed by atoms with van der Waals surface area (Å²) in [5, 5.41) is 9.63. The first-order chi connectivity index (χ1) is 12.5. The Balaban J connectivity index is 1.63. The van der Waals surface area contributed by atoms with Crippen LogP contribution < -0.4 is 4.74 Å². The first-order valence-corrected chi connectivity index (χ1v) is 9.23. The van der Waals surface area contributed by atoms with E-state index in [9.17, 15) is 9.59 Å². The zero-order valence-corrected chi connectivity index (χ0v) is 15.5. The Labute approximate surface area is 158 Å². The van der Waals surface area contributed by atoms with E-state index < -0.39 is 5.97 Å². The van der Waals surface area contributed by atoms with Crippen LogP contribution in [0.1, 0.15) is 25.3 Å². The number of fused-ring (bicyclic) bond motifs is 1.